The minimum absolute atomic E-state index is 0.210. The van der Waals surface area contributed by atoms with E-state index in [4.69, 9.17) is 9.47 Å². The highest BCUT2D eigenvalue weighted by Gasteiger charge is 2.32. The van der Waals surface area contributed by atoms with Gasteiger partial charge in [0.15, 0.2) is 0 Å². The van der Waals surface area contributed by atoms with Crippen molar-refractivity contribution in [2.45, 2.75) is 18.8 Å². The van der Waals surface area contributed by atoms with E-state index >= 15 is 0 Å². The number of nitrogens with zero attached hydrogens (tertiary/aromatic N) is 1. The van der Waals surface area contributed by atoms with Crippen LogP contribution in [0, 0.1) is 11.6 Å². The molecule has 29 heavy (non-hydrogen) atoms. The highest BCUT2D eigenvalue weighted by atomic mass is 19.1. The molecule has 0 bridgehead atoms. The Bertz CT molecular complexity index is 1060. The van der Waals surface area contributed by atoms with E-state index < -0.39 is 23.1 Å². The van der Waals surface area contributed by atoms with Gasteiger partial charge in [0.1, 0.15) is 34.4 Å². The van der Waals surface area contributed by atoms with Crippen LogP contribution in [0.3, 0.4) is 0 Å². The molecule has 1 aromatic heterocycles. The molecule has 3 aromatic rings. The summed E-state index contributed by atoms with van der Waals surface area (Å²) >= 11 is 0. The van der Waals surface area contributed by atoms with Gasteiger partial charge in [-0.25, -0.2) is 8.78 Å². The molecule has 150 valence electrons. The van der Waals surface area contributed by atoms with E-state index in [1.165, 1.54) is 13.2 Å². The number of halogens is 2. The van der Waals surface area contributed by atoms with Crippen molar-refractivity contribution >= 4 is 11.6 Å². The molecule has 1 heterocycles. The highest BCUT2D eigenvalue weighted by Crippen LogP contribution is 2.46. The summed E-state index contributed by atoms with van der Waals surface area (Å²) in [6.07, 6.45) is 1.89. The quantitative estimate of drug-likeness (QED) is 0.640. The van der Waals surface area contributed by atoms with Gasteiger partial charge >= 0.3 is 0 Å². The van der Waals surface area contributed by atoms with Gasteiger partial charge in [0.2, 0.25) is 0 Å². The molecule has 1 amide bonds. The van der Waals surface area contributed by atoms with Crippen molar-refractivity contribution in [2.75, 3.05) is 19.5 Å². The van der Waals surface area contributed by atoms with Crippen LogP contribution < -0.4 is 14.8 Å². The maximum Gasteiger partial charge on any atom is 0.261 e. The number of amides is 1. The fourth-order valence-corrected chi connectivity index (χ4v) is 3.23. The van der Waals surface area contributed by atoms with Gasteiger partial charge < -0.3 is 14.8 Å². The predicted octanol–water partition coefficient (Wildman–Crippen LogP) is 4.50. The number of hydrogen-bond acceptors (Lipinski definition) is 4. The molecular weight excluding hydrogens is 380 g/mol. The number of hydrogen-bond donors (Lipinski definition) is 2. The third kappa shape index (κ3) is 3.53. The van der Waals surface area contributed by atoms with Gasteiger partial charge in [-0.2, -0.15) is 5.10 Å². The lowest BCUT2D eigenvalue weighted by Crippen LogP contribution is -2.17. The molecule has 1 aliphatic rings. The molecule has 0 aliphatic heterocycles. The van der Waals surface area contributed by atoms with E-state index in [1.54, 1.807) is 25.3 Å². The number of H-pyrrole nitrogens is 1. The summed E-state index contributed by atoms with van der Waals surface area (Å²) < 4.78 is 38.8. The number of rotatable bonds is 6. The fourth-order valence-electron chi connectivity index (χ4n) is 3.23. The van der Waals surface area contributed by atoms with E-state index in [0.717, 1.165) is 30.7 Å². The van der Waals surface area contributed by atoms with Crippen LogP contribution in [0.4, 0.5) is 14.5 Å². The minimum atomic E-state index is -0.928. The first kappa shape index (κ1) is 18.9. The zero-order valence-corrected chi connectivity index (χ0v) is 15.9. The molecule has 0 radical (unpaired) electrons. The SMILES string of the molecule is COc1ccc(-c2n[nH]c(C3CC3)c2NC(=O)c2c(F)cccc2F)c(OC)c1. The first-order valence-electron chi connectivity index (χ1n) is 9.09. The molecule has 1 fully saturated rings. The number of carbonyl (C=O) groups excluding carboxylic acids is 1. The van der Waals surface area contributed by atoms with Crippen molar-refractivity contribution in [3.8, 4) is 22.8 Å². The summed E-state index contributed by atoms with van der Waals surface area (Å²) in [7, 11) is 3.06. The van der Waals surface area contributed by atoms with Crippen LogP contribution >= 0.6 is 0 Å². The van der Waals surface area contributed by atoms with Gasteiger partial charge in [-0.15, -0.1) is 0 Å². The van der Waals surface area contributed by atoms with Gasteiger partial charge in [0.25, 0.3) is 5.91 Å². The Kier molecular flexibility index (Phi) is 4.92. The number of ether oxygens (including phenoxy) is 2. The normalized spacial score (nSPS) is 13.2. The van der Waals surface area contributed by atoms with Crippen LogP contribution in [-0.4, -0.2) is 30.3 Å². The van der Waals surface area contributed by atoms with Gasteiger partial charge in [0.05, 0.1) is 25.6 Å². The molecule has 1 saturated carbocycles. The van der Waals surface area contributed by atoms with E-state index in [9.17, 15) is 13.6 Å². The predicted molar refractivity (Wildman–Crippen MR) is 103 cm³/mol. The Morgan fingerprint density at radius 2 is 1.86 bits per heavy atom. The Balaban J connectivity index is 1.78. The standard InChI is InChI=1S/C21H19F2N3O3/c1-28-12-8-9-13(16(10-12)29-2)19-20(18(25-26-19)11-6-7-11)24-21(27)17-14(22)4-3-5-15(17)23/h3-5,8-11H,6-7H2,1-2H3,(H,24,27)(H,25,26). The Labute approximate surface area is 165 Å². The van der Waals surface area contributed by atoms with Gasteiger partial charge in [-0.3, -0.25) is 9.89 Å². The maximum absolute atomic E-state index is 14.1. The fraction of sp³-hybridized carbons (Fsp3) is 0.238. The second kappa shape index (κ2) is 7.54. The maximum atomic E-state index is 14.1. The van der Waals surface area contributed by atoms with E-state index in [-0.39, 0.29) is 5.92 Å². The van der Waals surface area contributed by atoms with Crippen LogP contribution in [-0.2, 0) is 0 Å². The Morgan fingerprint density at radius 3 is 2.48 bits per heavy atom. The topological polar surface area (TPSA) is 76.2 Å². The van der Waals surface area contributed by atoms with E-state index in [0.29, 0.717) is 28.4 Å². The molecule has 2 aromatic carbocycles. The van der Waals surface area contributed by atoms with Crippen molar-refractivity contribution in [2.24, 2.45) is 0 Å². The Morgan fingerprint density at radius 1 is 1.14 bits per heavy atom. The van der Waals surface area contributed by atoms with Crippen LogP contribution in [0.1, 0.15) is 34.8 Å². The molecule has 0 atom stereocenters. The second-order valence-electron chi connectivity index (χ2n) is 6.75. The number of aromatic nitrogens is 2. The smallest absolute Gasteiger partial charge is 0.261 e. The highest BCUT2D eigenvalue weighted by molar-refractivity contribution is 6.07. The summed E-state index contributed by atoms with van der Waals surface area (Å²) in [5.41, 5.74) is 1.52. The molecule has 6 nitrogen and oxygen atoms in total. The molecule has 8 heteroatoms. The molecule has 0 unspecified atom stereocenters. The molecule has 4 rings (SSSR count). The van der Waals surface area contributed by atoms with Crippen LogP contribution in [0.25, 0.3) is 11.3 Å². The zero-order chi connectivity index (χ0) is 20.5. The van der Waals surface area contributed by atoms with Crippen molar-refractivity contribution in [3.63, 3.8) is 0 Å². The Hall–Kier alpha value is -3.42. The molecule has 1 aliphatic carbocycles. The number of aromatic amines is 1. The van der Waals surface area contributed by atoms with Gasteiger partial charge in [-0.05, 0) is 37.1 Å². The monoisotopic (exact) mass is 399 g/mol. The van der Waals surface area contributed by atoms with Crippen LogP contribution in [0.2, 0.25) is 0 Å². The second-order valence-corrected chi connectivity index (χ2v) is 6.75. The first-order valence-corrected chi connectivity index (χ1v) is 9.09. The minimum Gasteiger partial charge on any atom is -0.497 e. The number of anilines is 1. The van der Waals surface area contributed by atoms with Crippen molar-refractivity contribution in [3.05, 3.63) is 59.3 Å². The number of carbonyl (C=O) groups is 1. The lowest BCUT2D eigenvalue weighted by atomic mass is 10.1. The molecule has 0 spiro atoms. The molecule has 0 saturated heterocycles. The van der Waals surface area contributed by atoms with E-state index in [1.807, 2.05) is 0 Å². The van der Waals surface area contributed by atoms with Crippen LogP contribution in [0.15, 0.2) is 36.4 Å². The van der Waals surface area contributed by atoms with E-state index in [2.05, 4.69) is 15.5 Å². The summed E-state index contributed by atoms with van der Waals surface area (Å²) in [4.78, 5) is 12.7. The van der Waals surface area contributed by atoms with Gasteiger partial charge in [0, 0.05) is 17.5 Å². The summed E-state index contributed by atoms with van der Waals surface area (Å²) in [5.74, 6) is -1.43. The third-order valence-electron chi connectivity index (χ3n) is 4.87. The molecular formula is C21H19F2N3O3. The van der Waals surface area contributed by atoms with Gasteiger partial charge in [-0.1, -0.05) is 6.07 Å². The average molecular weight is 399 g/mol. The number of nitrogens with one attached hydrogen (secondary N) is 2. The van der Waals surface area contributed by atoms with Crippen molar-refractivity contribution in [1.82, 2.24) is 10.2 Å². The largest absolute Gasteiger partial charge is 0.497 e. The first-order chi connectivity index (χ1) is 14.0. The lowest BCUT2D eigenvalue weighted by Gasteiger charge is -2.12. The molecule has 2 N–H and O–H groups in total. The van der Waals surface area contributed by atoms with Crippen molar-refractivity contribution < 1.29 is 23.0 Å². The third-order valence-corrected chi connectivity index (χ3v) is 4.87. The number of methoxy groups -OCH3 is 2. The van der Waals surface area contributed by atoms with Crippen molar-refractivity contribution in [1.29, 1.82) is 0 Å². The summed E-state index contributed by atoms with van der Waals surface area (Å²) in [6, 6.07) is 8.49. The lowest BCUT2D eigenvalue weighted by molar-refractivity contribution is 0.101. The summed E-state index contributed by atoms with van der Waals surface area (Å²) in [6.45, 7) is 0. The average Bonchev–Trinajstić information content (AvgIpc) is 3.48. The number of benzene rings is 2. The zero-order valence-electron chi connectivity index (χ0n) is 15.9. The summed E-state index contributed by atoms with van der Waals surface area (Å²) in [5, 5.41) is 9.97. The van der Waals surface area contributed by atoms with Crippen LogP contribution in [0.5, 0.6) is 11.5 Å².